The summed E-state index contributed by atoms with van der Waals surface area (Å²) in [5.74, 6) is -2.66. The maximum atomic E-state index is 15.0. The van der Waals surface area contributed by atoms with E-state index in [1.165, 1.54) is 4.90 Å². The van der Waals surface area contributed by atoms with Crippen molar-refractivity contribution >= 4 is 34.2 Å². The first-order valence-electron chi connectivity index (χ1n) is 16.1. The molecule has 1 spiro atoms. The molecule has 4 aromatic carbocycles. The highest BCUT2D eigenvalue weighted by Gasteiger charge is 2.72. The molecule has 2 fully saturated rings. The summed E-state index contributed by atoms with van der Waals surface area (Å²) in [7, 11) is 0. The minimum Gasteiger partial charge on any atom is -0.394 e. The van der Waals surface area contributed by atoms with Crippen LogP contribution in [-0.2, 0) is 25.7 Å². The maximum absolute atomic E-state index is 15.0. The Hall–Kier alpha value is -5.05. The van der Waals surface area contributed by atoms with E-state index in [0.717, 1.165) is 16.3 Å². The highest BCUT2D eigenvalue weighted by atomic mass is 16.5. The van der Waals surface area contributed by atoms with Crippen LogP contribution in [0.2, 0.25) is 0 Å². The van der Waals surface area contributed by atoms with Gasteiger partial charge in [-0.15, -0.1) is 0 Å². The number of amides is 3. The van der Waals surface area contributed by atoms with Crippen molar-refractivity contribution in [1.29, 1.82) is 0 Å². The number of nitrogens with zero attached hydrogens (tertiary/aromatic N) is 3. The predicted octanol–water partition coefficient (Wildman–Crippen LogP) is 4.66. The monoisotopic (exact) mass is 625 g/mol. The van der Waals surface area contributed by atoms with Crippen LogP contribution >= 0.6 is 0 Å². The first kappa shape index (κ1) is 29.4. The first-order valence-corrected chi connectivity index (χ1v) is 16.1. The highest BCUT2D eigenvalue weighted by molar-refractivity contribution is 6.06. The number of fused-ring (bicyclic) bond motifs is 3. The van der Waals surface area contributed by atoms with E-state index in [-0.39, 0.29) is 24.3 Å². The summed E-state index contributed by atoms with van der Waals surface area (Å²) in [6.07, 6.45) is 6.84. The molecule has 8 rings (SSSR count). The average Bonchev–Trinajstić information content (AvgIpc) is 3.43. The van der Waals surface area contributed by atoms with E-state index in [0.29, 0.717) is 24.3 Å². The van der Waals surface area contributed by atoms with Gasteiger partial charge in [-0.05, 0) is 34.0 Å². The van der Waals surface area contributed by atoms with Gasteiger partial charge in [0, 0.05) is 25.3 Å². The average molecular weight is 626 g/mol. The van der Waals surface area contributed by atoms with Gasteiger partial charge in [-0.1, -0.05) is 115 Å². The number of carbonyl (C=O) groups excluding carboxylic acids is 3. The molecule has 8 nitrogen and oxygen atoms in total. The highest BCUT2D eigenvalue weighted by Crippen LogP contribution is 2.55. The molecule has 0 aromatic heterocycles. The Labute approximate surface area is 273 Å². The number of benzene rings is 4. The van der Waals surface area contributed by atoms with Crippen LogP contribution in [0, 0.1) is 11.8 Å². The Morgan fingerprint density at radius 3 is 2.28 bits per heavy atom. The fourth-order valence-corrected chi connectivity index (χ4v) is 8.02. The molecule has 8 heteroatoms. The fourth-order valence-electron chi connectivity index (χ4n) is 8.02. The molecule has 47 heavy (non-hydrogen) atoms. The third-order valence-electron chi connectivity index (χ3n) is 10.1. The predicted molar refractivity (Wildman–Crippen MR) is 178 cm³/mol. The second-order valence-corrected chi connectivity index (χ2v) is 12.7. The Morgan fingerprint density at radius 1 is 0.787 bits per heavy atom. The van der Waals surface area contributed by atoms with Gasteiger partial charge in [-0.2, -0.15) is 0 Å². The van der Waals surface area contributed by atoms with E-state index in [1.807, 2.05) is 127 Å². The summed E-state index contributed by atoms with van der Waals surface area (Å²) >= 11 is 0. The fraction of sp³-hybridized carbons (Fsp3) is 0.256. The lowest BCUT2D eigenvalue weighted by atomic mass is 9.77. The number of anilines is 1. The molecular weight excluding hydrogens is 590 g/mol. The first-order chi connectivity index (χ1) is 23.0. The van der Waals surface area contributed by atoms with Crippen LogP contribution in [0.4, 0.5) is 5.69 Å². The second kappa shape index (κ2) is 11.6. The van der Waals surface area contributed by atoms with Crippen molar-refractivity contribution in [2.45, 2.75) is 30.3 Å². The zero-order valence-electron chi connectivity index (χ0n) is 25.8. The van der Waals surface area contributed by atoms with Crippen molar-refractivity contribution in [3.63, 3.8) is 0 Å². The molecule has 4 aliphatic heterocycles. The van der Waals surface area contributed by atoms with Crippen molar-refractivity contribution in [3.8, 4) is 0 Å². The third kappa shape index (κ3) is 4.70. The zero-order valence-corrected chi connectivity index (χ0v) is 25.8. The van der Waals surface area contributed by atoms with Crippen LogP contribution in [0.25, 0.3) is 10.8 Å². The van der Waals surface area contributed by atoms with Gasteiger partial charge >= 0.3 is 0 Å². The zero-order chi connectivity index (χ0) is 32.1. The molecule has 1 N–H and O–H groups in total. The van der Waals surface area contributed by atoms with Gasteiger partial charge in [0.2, 0.25) is 11.8 Å². The van der Waals surface area contributed by atoms with Gasteiger partial charge < -0.3 is 24.5 Å². The Kier molecular flexibility index (Phi) is 7.27. The molecule has 4 heterocycles. The van der Waals surface area contributed by atoms with Crippen molar-refractivity contribution in [2.75, 3.05) is 24.6 Å². The van der Waals surface area contributed by atoms with Crippen LogP contribution in [0.15, 0.2) is 127 Å². The largest absolute Gasteiger partial charge is 0.394 e. The van der Waals surface area contributed by atoms with Crippen LogP contribution < -0.4 is 4.90 Å². The lowest BCUT2D eigenvalue weighted by Crippen LogP contribution is -2.56. The molecule has 0 saturated carbocycles. The Bertz CT molecular complexity index is 1910. The number of hydrogen-bond acceptors (Lipinski definition) is 5. The topological polar surface area (TPSA) is 90.4 Å². The lowest BCUT2D eigenvalue weighted by molar-refractivity contribution is -0.147. The van der Waals surface area contributed by atoms with Gasteiger partial charge in [0.05, 0.1) is 30.6 Å². The number of aliphatic hydroxyl groups is 1. The summed E-state index contributed by atoms with van der Waals surface area (Å²) in [6.45, 7) is 0.646. The smallest absolute Gasteiger partial charge is 0.253 e. The number of ether oxygens (including phenoxy) is 1. The number of rotatable bonds is 6. The third-order valence-corrected chi connectivity index (χ3v) is 10.1. The summed E-state index contributed by atoms with van der Waals surface area (Å²) in [6, 6.07) is 30.9. The Morgan fingerprint density at radius 2 is 1.51 bits per heavy atom. The van der Waals surface area contributed by atoms with Crippen molar-refractivity contribution in [2.24, 2.45) is 11.8 Å². The molecule has 3 amide bonds. The van der Waals surface area contributed by atoms with Crippen molar-refractivity contribution in [3.05, 3.63) is 139 Å². The minimum atomic E-state index is -1.41. The van der Waals surface area contributed by atoms with Crippen molar-refractivity contribution in [1.82, 2.24) is 9.80 Å². The number of likely N-dealkylation sites (tertiary alicyclic amines) is 1. The van der Waals surface area contributed by atoms with Crippen molar-refractivity contribution < 1.29 is 24.2 Å². The molecule has 4 aromatic rings. The molecule has 236 valence electrons. The van der Waals surface area contributed by atoms with Gasteiger partial charge in [0.25, 0.3) is 5.91 Å². The normalized spacial score (nSPS) is 27.4. The molecule has 0 aliphatic carbocycles. The number of aliphatic hydroxyl groups excluding tert-OH is 1. The maximum Gasteiger partial charge on any atom is 0.253 e. The quantitative estimate of drug-likeness (QED) is 0.315. The summed E-state index contributed by atoms with van der Waals surface area (Å²) in [5, 5.41) is 12.9. The van der Waals surface area contributed by atoms with Gasteiger partial charge in [0.15, 0.2) is 0 Å². The summed E-state index contributed by atoms with van der Waals surface area (Å²) in [4.78, 5) is 49.3. The van der Waals surface area contributed by atoms with Crippen LogP contribution in [-0.4, -0.2) is 70.1 Å². The van der Waals surface area contributed by atoms with Gasteiger partial charge in [-0.3, -0.25) is 14.4 Å². The molecule has 2 saturated heterocycles. The van der Waals surface area contributed by atoms with Crippen LogP contribution in [0.5, 0.6) is 0 Å². The number of carbonyl (C=O) groups is 3. The SMILES string of the molecule is O=C1[C@@H]2[C@H]3C(=O)N([C@H](CO)c4ccccc4)C4C(=O)N(c5ccc6ccccc6c5)CC=C[C@@]43O[C@@H]2C=CCN1Cc1ccccc1. The second-order valence-electron chi connectivity index (χ2n) is 12.7. The molecule has 0 bridgehead atoms. The minimum absolute atomic E-state index is 0.184. The van der Waals surface area contributed by atoms with E-state index in [1.54, 1.807) is 9.80 Å². The van der Waals surface area contributed by atoms with E-state index in [2.05, 4.69) is 0 Å². The molecule has 6 atom stereocenters. The van der Waals surface area contributed by atoms with Crippen LogP contribution in [0.3, 0.4) is 0 Å². The van der Waals surface area contributed by atoms with Gasteiger partial charge in [0.1, 0.15) is 11.6 Å². The molecule has 4 aliphatic rings. The molecule has 0 radical (unpaired) electrons. The molecule has 1 unspecified atom stereocenters. The van der Waals surface area contributed by atoms with E-state index >= 15 is 0 Å². The van der Waals surface area contributed by atoms with E-state index < -0.39 is 42.2 Å². The van der Waals surface area contributed by atoms with E-state index in [4.69, 9.17) is 4.74 Å². The van der Waals surface area contributed by atoms with E-state index in [9.17, 15) is 19.5 Å². The Balaban J connectivity index is 1.24. The molecular formula is C39H35N3O5. The van der Waals surface area contributed by atoms with Gasteiger partial charge in [-0.25, -0.2) is 0 Å². The standard InChI is InChI=1S/C39H35N3O5/c43-25-31(28-14-5-2-6-15-28)42-35-38(46)41(30-19-18-27-13-7-8-16-29(27)23-30)22-10-20-39(35)34(37(42)45)33-32(47-39)17-9-21-40(36(33)44)24-26-11-3-1-4-12-26/h1-20,23,31-35,43H,21-22,24-25H2/t31-,32-,33+,34+,35?,39+/m1/s1. The summed E-state index contributed by atoms with van der Waals surface area (Å²) < 4.78 is 6.85. The summed E-state index contributed by atoms with van der Waals surface area (Å²) in [5.41, 5.74) is 0.973. The van der Waals surface area contributed by atoms with Crippen LogP contribution in [0.1, 0.15) is 17.2 Å². The lowest BCUT2D eigenvalue weighted by Gasteiger charge is -2.38. The number of hydrogen-bond donors (Lipinski definition) is 1.